The summed E-state index contributed by atoms with van der Waals surface area (Å²) in [5.41, 5.74) is 2.14. The van der Waals surface area contributed by atoms with E-state index >= 15 is 0 Å². The van der Waals surface area contributed by atoms with Crippen molar-refractivity contribution in [3.8, 4) is 5.75 Å². The summed E-state index contributed by atoms with van der Waals surface area (Å²) >= 11 is 0. The van der Waals surface area contributed by atoms with Gasteiger partial charge < -0.3 is 19.1 Å². The number of carbonyl (C=O) groups is 1. The van der Waals surface area contributed by atoms with Crippen molar-refractivity contribution in [3.05, 3.63) is 54.2 Å². The molecule has 0 unspecified atom stereocenters. The van der Waals surface area contributed by atoms with Crippen molar-refractivity contribution in [3.63, 3.8) is 0 Å². The van der Waals surface area contributed by atoms with Crippen LogP contribution in [0.5, 0.6) is 5.75 Å². The third-order valence-corrected chi connectivity index (χ3v) is 4.34. The molecule has 0 aliphatic heterocycles. The molecule has 25 heavy (non-hydrogen) atoms. The molecule has 3 rings (SSSR count). The highest BCUT2D eigenvalue weighted by atomic mass is 16.6. The molecule has 2 aromatic carbocycles. The minimum Gasteiger partial charge on any atom is -0.507 e. The van der Waals surface area contributed by atoms with Gasteiger partial charge in [-0.1, -0.05) is 30.3 Å². The van der Waals surface area contributed by atoms with Crippen molar-refractivity contribution in [1.82, 2.24) is 4.57 Å². The zero-order valence-electron chi connectivity index (χ0n) is 14.4. The molecule has 1 aromatic heterocycles. The third kappa shape index (κ3) is 2.87. The van der Waals surface area contributed by atoms with Crippen LogP contribution < -0.4 is 0 Å². The molecule has 0 atom stereocenters. The van der Waals surface area contributed by atoms with E-state index in [4.69, 9.17) is 9.47 Å². The first-order chi connectivity index (χ1) is 12.1. The van der Waals surface area contributed by atoms with E-state index in [1.54, 1.807) is 19.3 Å². The lowest BCUT2D eigenvalue weighted by atomic mass is 10.0. The smallest absolute Gasteiger partial charge is 0.340 e. The van der Waals surface area contributed by atoms with Gasteiger partial charge in [0.2, 0.25) is 0 Å². The van der Waals surface area contributed by atoms with Gasteiger partial charge >= 0.3 is 5.97 Å². The summed E-state index contributed by atoms with van der Waals surface area (Å²) in [5, 5.41) is 12.7. The molecule has 0 spiro atoms. The quantitative estimate of drug-likeness (QED) is 0.422. The maximum Gasteiger partial charge on any atom is 0.340 e. The molecule has 0 aliphatic rings. The maximum absolute atomic E-state index is 12.6. The van der Waals surface area contributed by atoms with Crippen LogP contribution in [0.15, 0.2) is 43.0 Å². The number of fused-ring (bicyclic) bond motifs is 3. The highest BCUT2D eigenvalue weighted by molar-refractivity contribution is 6.16. The Bertz CT molecular complexity index is 955. The molecule has 5 nitrogen and oxygen atoms in total. The largest absolute Gasteiger partial charge is 0.507 e. The van der Waals surface area contributed by atoms with E-state index in [9.17, 15) is 9.90 Å². The van der Waals surface area contributed by atoms with E-state index in [0.29, 0.717) is 24.1 Å². The standard InChI is InChI=1S/C20H21NO4/c1-4-9-21-13(2)18(20(23)25-11-10-24-3)16-12-17(22)14-7-5-6-8-15(14)19(16)21/h4-8,12,22H,1,9-11H2,2-3H3. The second-order valence-electron chi connectivity index (χ2n) is 5.83. The van der Waals surface area contributed by atoms with E-state index in [0.717, 1.165) is 22.0 Å². The molecular weight excluding hydrogens is 318 g/mol. The number of allylic oxidation sites excluding steroid dienone is 1. The molecule has 0 aliphatic carbocycles. The van der Waals surface area contributed by atoms with Crippen molar-refractivity contribution in [2.75, 3.05) is 20.3 Å². The van der Waals surface area contributed by atoms with Gasteiger partial charge in [0, 0.05) is 35.5 Å². The number of hydrogen-bond donors (Lipinski definition) is 1. The number of phenols is 1. The van der Waals surface area contributed by atoms with Gasteiger partial charge in [0.25, 0.3) is 0 Å². The molecule has 1 heterocycles. The monoisotopic (exact) mass is 339 g/mol. The van der Waals surface area contributed by atoms with E-state index in [2.05, 4.69) is 6.58 Å². The Balaban J connectivity index is 2.29. The van der Waals surface area contributed by atoms with Gasteiger partial charge in [-0.15, -0.1) is 6.58 Å². The number of methoxy groups -OCH3 is 1. The lowest BCUT2D eigenvalue weighted by molar-refractivity contribution is 0.0389. The average molecular weight is 339 g/mol. The fraction of sp³-hybridized carbons (Fsp3) is 0.250. The van der Waals surface area contributed by atoms with Gasteiger partial charge in [0.05, 0.1) is 17.7 Å². The van der Waals surface area contributed by atoms with Crippen LogP contribution in [0.1, 0.15) is 16.1 Å². The zero-order chi connectivity index (χ0) is 18.0. The zero-order valence-corrected chi connectivity index (χ0v) is 14.4. The molecular formula is C20H21NO4. The van der Waals surface area contributed by atoms with Crippen molar-refractivity contribution in [2.24, 2.45) is 0 Å². The molecule has 0 amide bonds. The van der Waals surface area contributed by atoms with Crippen LogP contribution in [-0.4, -0.2) is 36.0 Å². The number of ether oxygens (including phenoxy) is 2. The molecule has 5 heteroatoms. The SMILES string of the molecule is C=CCn1c(C)c(C(=O)OCCOC)c2cc(O)c3ccccc3c21. The Hall–Kier alpha value is -2.79. The van der Waals surface area contributed by atoms with E-state index in [-0.39, 0.29) is 12.4 Å². The number of esters is 1. The van der Waals surface area contributed by atoms with Crippen LogP contribution in [0.4, 0.5) is 0 Å². The second kappa shape index (κ2) is 6.99. The van der Waals surface area contributed by atoms with Crippen LogP contribution in [0, 0.1) is 6.92 Å². The van der Waals surface area contributed by atoms with E-state index < -0.39 is 5.97 Å². The molecule has 0 saturated heterocycles. The lowest BCUT2D eigenvalue weighted by Gasteiger charge is -2.08. The van der Waals surface area contributed by atoms with Gasteiger partial charge in [-0.25, -0.2) is 4.79 Å². The predicted molar refractivity (Wildman–Crippen MR) is 98.2 cm³/mol. The normalized spacial score (nSPS) is 11.1. The molecule has 3 aromatic rings. The Kier molecular flexibility index (Phi) is 4.76. The first-order valence-electron chi connectivity index (χ1n) is 8.10. The topological polar surface area (TPSA) is 60.7 Å². The molecule has 0 fully saturated rings. The maximum atomic E-state index is 12.6. The summed E-state index contributed by atoms with van der Waals surface area (Å²) in [7, 11) is 1.55. The molecule has 0 saturated carbocycles. The minimum absolute atomic E-state index is 0.143. The number of aromatic nitrogens is 1. The minimum atomic E-state index is -0.419. The molecule has 1 N–H and O–H groups in total. The Morgan fingerprint density at radius 3 is 2.64 bits per heavy atom. The van der Waals surface area contributed by atoms with Crippen LogP contribution in [0.25, 0.3) is 21.7 Å². The summed E-state index contributed by atoms with van der Waals surface area (Å²) in [6.07, 6.45) is 1.79. The van der Waals surface area contributed by atoms with Crippen molar-refractivity contribution < 1.29 is 19.4 Å². The van der Waals surface area contributed by atoms with Crippen molar-refractivity contribution >= 4 is 27.6 Å². The third-order valence-electron chi connectivity index (χ3n) is 4.34. The number of benzene rings is 2. The number of rotatable bonds is 6. The average Bonchev–Trinajstić information content (AvgIpc) is 2.88. The Morgan fingerprint density at radius 1 is 1.24 bits per heavy atom. The summed E-state index contributed by atoms with van der Waals surface area (Å²) in [5.74, 6) is -0.276. The number of carbonyl (C=O) groups excluding carboxylic acids is 1. The number of aromatic hydroxyl groups is 1. The van der Waals surface area contributed by atoms with Gasteiger partial charge in [-0.2, -0.15) is 0 Å². The molecule has 0 radical (unpaired) electrons. The first kappa shape index (κ1) is 17.0. The molecule has 0 bridgehead atoms. The van der Waals surface area contributed by atoms with E-state index in [1.165, 1.54) is 0 Å². The number of nitrogens with zero attached hydrogens (tertiary/aromatic N) is 1. The summed E-state index contributed by atoms with van der Waals surface area (Å²) in [6, 6.07) is 9.23. The van der Waals surface area contributed by atoms with Gasteiger partial charge in [0.1, 0.15) is 12.4 Å². The van der Waals surface area contributed by atoms with Crippen LogP contribution in [0.3, 0.4) is 0 Å². The summed E-state index contributed by atoms with van der Waals surface area (Å²) < 4.78 is 12.3. The van der Waals surface area contributed by atoms with Crippen LogP contribution in [-0.2, 0) is 16.0 Å². The fourth-order valence-electron chi connectivity index (χ4n) is 3.22. The summed E-state index contributed by atoms with van der Waals surface area (Å²) in [6.45, 7) is 6.77. The summed E-state index contributed by atoms with van der Waals surface area (Å²) in [4.78, 5) is 12.6. The van der Waals surface area contributed by atoms with Gasteiger partial charge in [-0.05, 0) is 13.0 Å². The van der Waals surface area contributed by atoms with Gasteiger partial charge in [0.15, 0.2) is 0 Å². The highest BCUT2D eigenvalue weighted by Crippen LogP contribution is 2.37. The second-order valence-corrected chi connectivity index (χ2v) is 5.83. The Labute approximate surface area is 146 Å². The highest BCUT2D eigenvalue weighted by Gasteiger charge is 2.23. The Morgan fingerprint density at radius 2 is 1.96 bits per heavy atom. The van der Waals surface area contributed by atoms with Crippen LogP contribution in [0.2, 0.25) is 0 Å². The van der Waals surface area contributed by atoms with E-state index in [1.807, 2.05) is 35.8 Å². The van der Waals surface area contributed by atoms with Gasteiger partial charge in [-0.3, -0.25) is 0 Å². The number of phenolic OH excluding ortho intramolecular Hbond substituents is 1. The predicted octanol–water partition coefficient (Wildman–Crippen LogP) is 3.80. The van der Waals surface area contributed by atoms with Crippen molar-refractivity contribution in [2.45, 2.75) is 13.5 Å². The van der Waals surface area contributed by atoms with Crippen LogP contribution >= 0.6 is 0 Å². The number of hydrogen-bond acceptors (Lipinski definition) is 4. The lowest BCUT2D eigenvalue weighted by Crippen LogP contribution is -2.11. The van der Waals surface area contributed by atoms with Crippen molar-refractivity contribution in [1.29, 1.82) is 0 Å². The fourth-order valence-corrected chi connectivity index (χ4v) is 3.22. The molecule has 130 valence electrons. The first-order valence-corrected chi connectivity index (χ1v) is 8.10.